The van der Waals surface area contributed by atoms with E-state index in [9.17, 15) is 9.59 Å². The van der Waals surface area contributed by atoms with Crippen LogP contribution in [0.5, 0.6) is 0 Å². The Morgan fingerprint density at radius 1 is 1.21 bits per heavy atom. The van der Waals surface area contributed by atoms with E-state index in [1.807, 2.05) is 0 Å². The van der Waals surface area contributed by atoms with E-state index < -0.39 is 0 Å². The molecule has 1 aromatic carbocycles. The maximum Gasteiger partial charge on any atom is 0.234 e. The average molecular weight is 210 g/mol. The molecule has 3 nitrogen and oxygen atoms in total. The van der Waals surface area contributed by atoms with Crippen LogP contribution in [0.2, 0.25) is 5.02 Å². The lowest BCUT2D eigenvalue weighted by atomic mass is 9.98. The van der Waals surface area contributed by atoms with Gasteiger partial charge in [-0.15, -0.1) is 0 Å². The second-order valence-corrected chi connectivity index (χ2v) is 3.66. The molecule has 14 heavy (non-hydrogen) atoms. The zero-order chi connectivity index (χ0) is 10.1. The second-order valence-electron chi connectivity index (χ2n) is 3.22. The Labute approximate surface area is 86.1 Å². The lowest BCUT2D eigenvalue weighted by molar-refractivity contribution is -0.125. The molecule has 1 N–H and O–H groups in total. The zero-order valence-corrected chi connectivity index (χ0v) is 8.04. The highest BCUT2D eigenvalue weighted by Gasteiger charge is 2.31. The van der Waals surface area contributed by atoms with Crippen molar-refractivity contribution in [1.82, 2.24) is 5.32 Å². The van der Waals surface area contributed by atoms with E-state index in [0.29, 0.717) is 5.02 Å². The van der Waals surface area contributed by atoms with Gasteiger partial charge in [0.1, 0.15) is 0 Å². The van der Waals surface area contributed by atoms with Crippen molar-refractivity contribution in [1.29, 1.82) is 0 Å². The molecule has 1 saturated heterocycles. The van der Waals surface area contributed by atoms with Crippen LogP contribution >= 0.6 is 11.6 Å². The van der Waals surface area contributed by atoms with Crippen LogP contribution < -0.4 is 5.32 Å². The van der Waals surface area contributed by atoms with E-state index >= 15 is 0 Å². The first-order valence-corrected chi connectivity index (χ1v) is 4.64. The van der Waals surface area contributed by atoms with Crippen molar-refractivity contribution in [2.45, 2.75) is 12.3 Å². The number of benzene rings is 1. The maximum absolute atomic E-state index is 11.3. The number of imide groups is 1. The molecule has 72 valence electrons. The molecule has 1 aliphatic rings. The number of hydrogen-bond donors (Lipinski definition) is 1. The van der Waals surface area contributed by atoms with Gasteiger partial charge < -0.3 is 0 Å². The number of halogens is 1. The van der Waals surface area contributed by atoms with Crippen molar-refractivity contribution in [3.63, 3.8) is 0 Å². The van der Waals surface area contributed by atoms with Gasteiger partial charge in [0.2, 0.25) is 11.8 Å². The zero-order valence-electron chi connectivity index (χ0n) is 7.29. The summed E-state index contributed by atoms with van der Waals surface area (Å²) >= 11 is 5.72. The van der Waals surface area contributed by atoms with E-state index in [1.54, 1.807) is 24.3 Å². The van der Waals surface area contributed by atoms with Crippen molar-refractivity contribution in [2.75, 3.05) is 0 Å². The van der Waals surface area contributed by atoms with E-state index in [1.165, 1.54) is 0 Å². The molecule has 1 heterocycles. The van der Waals surface area contributed by atoms with Crippen LogP contribution in [-0.2, 0) is 9.59 Å². The van der Waals surface area contributed by atoms with Gasteiger partial charge in [0.05, 0.1) is 5.92 Å². The number of carbonyl (C=O) groups excluding carboxylic acids is 2. The summed E-state index contributed by atoms with van der Waals surface area (Å²) in [6.07, 6.45) is 0.237. The van der Waals surface area contributed by atoms with Gasteiger partial charge in [-0.1, -0.05) is 23.7 Å². The lowest BCUT2D eigenvalue weighted by Crippen LogP contribution is -2.21. The number of nitrogens with one attached hydrogen (secondary N) is 1. The van der Waals surface area contributed by atoms with E-state index in [2.05, 4.69) is 5.32 Å². The molecule has 0 aliphatic carbocycles. The Balaban J connectivity index is 2.27. The molecule has 0 spiro atoms. The molecule has 0 aromatic heterocycles. The molecule has 1 aromatic rings. The van der Waals surface area contributed by atoms with Gasteiger partial charge in [0.25, 0.3) is 0 Å². The fourth-order valence-corrected chi connectivity index (χ4v) is 1.64. The summed E-state index contributed by atoms with van der Waals surface area (Å²) in [5.41, 5.74) is 0.831. The Kier molecular flexibility index (Phi) is 2.25. The van der Waals surface area contributed by atoms with Gasteiger partial charge >= 0.3 is 0 Å². The number of carbonyl (C=O) groups is 2. The SMILES string of the molecule is O=C1C[C@@H](c2ccc(Cl)cc2)C(=O)N1. The normalized spacial score (nSPS) is 21.1. The Morgan fingerprint density at radius 3 is 2.36 bits per heavy atom. The molecule has 2 rings (SSSR count). The van der Waals surface area contributed by atoms with E-state index in [4.69, 9.17) is 11.6 Å². The highest BCUT2D eigenvalue weighted by Crippen LogP contribution is 2.25. The van der Waals surface area contributed by atoms with Crippen molar-refractivity contribution in [3.8, 4) is 0 Å². The molecule has 1 aliphatic heterocycles. The summed E-state index contributed by atoms with van der Waals surface area (Å²) in [6, 6.07) is 6.97. The van der Waals surface area contributed by atoms with Gasteiger partial charge in [0, 0.05) is 11.4 Å². The molecule has 1 fully saturated rings. The van der Waals surface area contributed by atoms with Gasteiger partial charge in [-0.25, -0.2) is 0 Å². The summed E-state index contributed by atoms with van der Waals surface area (Å²) in [5, 5.41) is 2.89. The predicted octanol–water partition coefficient (Wildman–Crippen LogP) is 1.47. The lowest BCUT2D eigenvalue weighted by Gasteiger charge is -2.05. The minimum atomic E-state index is -0.347. The predicted molar refractivity (Wildman–Crippen MR) is 52.0 cm³/mol. The van der Waals surface area contributed by atoms with E-state index in [0.717, 1.165) is 5.56 Å². The third-order valence-corrected chi connectivity index (χ3v) is 2.49. The van der Waals surface area contributed by atoms with Crippen LogP contribution in [0.4, 0.5) is 0 Å². The third-order valence-electron chi connectivity index (χ3n) is 2.24. The Morgan fingerprint density at radius 2 is 1.86 bits per heavy atom. The first-order chi connectivity index (χ1) is 6.66. The Bertz CT molecular complexity index is 386. The number of amides is 2. The fraction of sp³-hybridized carbons (Fsp3) is 0.200. The van der Waals surface area contributed by atoms with Gasteiger partial charge in [-0.2, -0.15) is 0 Å². The quantitative estimate of drug-likeness (QED) is 0.712. The van der Waals surface area contributed by atoms with Crippen LogP contribution in [0.25, 0.3) is 0 Å². The molecule has 2 amide bonds. The molecular weight excluding hydrogens is 202 g/mol. The topological polar surface area (TPSA) is 46.2 Å². The number of rotatable bonds is 1. The summed E-state index contributed by atoms with van der Waals surface area (Å²) in [4.78, 5) is 22.3. The van der Waals surface area contributed by atoms with Crippen LogP contribution in [0, 0.1) is 0 Å². The van der Waals surface area contributed by atoms with Crippen molar-refractivity contribution < 1.29 is 9.59 Å². The summed E-state index contributed by atoms with van der Waals surface area (Å²) in [6.45, 7) is 0. The summed E-state index contributed by atoms with van der Waals surface area (Å²) in [7, 11) is 0. The Hall–Kier alpha value is -1.35. The third kappa shape index (κ3) is 1.63. The molecule has 0 saturated carbocycles. The fourth-order valence-electron chi connectivity index (χ4n) is 1.52. The summed E-state index contributed by atoms with van der Waals surface area (Å²) in [5.74, 6) is -0.785. The minimum absolute atomic E-state index is 0.213. The molecule has 4 heteroatoms. The van der Waals surface area contributed by atoms with Crippen molar-refractivity contribution in [2.24, 2.45) is 0 Å². The average Bonchev–Trinajstić information content (AvgIpc) is 2.47. The van der Waals surface area contributed by atoms with Crippen LogP contribution in [0.3, 0.4) is 0 Å². The van der Waals surface area contributed by atoms with Crippen molar-refractivity contribution in [3.05, 3.63) is 34.9 Å². The second kappa shape index (κ2) is 3.42. The highest BCUT2D eigenvalue weighted by molar-refractivity contribution is 6.30. The standard InChI is InChI=1S/C10H8ClNO2/c11-7-3-1-6(2-4-7)8-5-9(13)12-10(8)14/h1-4,8H,5H2,(H,12,13,14)/t8-/m0/s1. The molecule has 1 atom stereocenters. The summed E-state index contributed by atoms with van der Waals surface area (Å²) < 4.78 is 0. The first kappa shape index (κ1) is 9.21. The smallest absolute Gasteiger partial charge is 0.234 e. The largest absolute Gasteiger partial charge is 0.296 e. The maximum atomic E-state index is 11.3. The number of hydrogen-bond acceptors (Lipinski definition) is 2. The van der Waals surface area contributed by atoms with Gasteiger partial charge in [0.15, 0.2) is 0 Å². The molecular formula is C10H8ClNO2. The molecule has 0 bridgehead atoms. The van der Waals surface area contributed by atoms with Crippen LogP contribution in [0.1, 0.15) is 17.9 Å². The molecule has 0 radical (unpaired) electrons. The molecule has 0 unspecified atom stereocenters. The van der Waals surface area contributed by atoms with Gasteiger partial charge in [-0.3, -0.25) is 14.9 Å². The first-order valence-electron chi connectivity index (χ1n) is 4.26. The monoisotopic (exact) mass is 209 g/mol. The van der Waals surface area contributed by atoms with Crippen LogP contribution in [-0.4, -0.2) is 11.8 Å². The van der Waals surface area contributed by atoms with E-state index in [-0.39, 0.29) is 24.2 Å². The van der Waals surface area contributed by atoms with Gasteiger partial charge in [-0.05, 0) is 17.7 Å². The van der Waals surface area contributed by atoms with Crippen molar-refractivity contribution >= 4 is 23.4 Å². The van der Waals surface area contributed by atoms with Crippen LogP contribution in [0.15, 0.2) is 24.3 Å². The minimum Gasteiger partial charge on any atom is -0.296 e. The highest BCUT2D eigenvalue weighted by atomic mass is 35.5.